The lowest BCUT2D eigenvalue weighted by Gasteiger charge is -2.24. The van der Waals surface area contributed by atoms with Crippen molar-refractivity contribution >= 4 is 39.0 Å². The fourth-order valence-corrected chi connectivity index (χ4v) is 4.73. The zero-order valence-electron chi connectivity index (χ0n) is 18.7. The molecule has 2 aromatic carbocycles. The predicted octanol–water partition coefficient (Wildman–Crippen LogP) is 3.88. The minimum atomic E-state index is -4.01. The van der Waals surface area contributed by atoms with Crippen LogP contribution >= 0.6 is 11.6 Å². The van der Waals surface area contributed by atoms with Gasteiger partial charge >= 0.3 is 0 Å². The first-order valence-electron chi connectivity index (χ1n) is 10.5. The molecule has 0 aliphatic rings. The van der Waals surface area contributed by atoms with E-state index in [1.807, 2.05) is 0 Å². The average molecular weight is 512 g/mol. The van der Waals surface area contributed by atoms with Crippen molar-refractivity contribution in [2.75, 3.05) is 16.2 Å². The molecule has 0 radical (unpaired) electrons. The molecule has 2 aromatic heterocycles. The van der Waals surface area contributed by atoms with E-state index in [4.69, 9.17) is 16.3 Å². The highest BCUT2D eigenvalue weighted by Gasteiger charge is 2.28. The quantitative estimate of drug-likeness (QED) is 0.365. The van der Waals surface area contributed by atoms with Crippen LogP contribution in [0.3, 0.4) is 0 Å². The van der Waals surface area contributed by atoms with Crippen molar-refractivity contribution in [1.29, 1.82) is 0 Å². The molecule has 0 aliphatic heterocycles. The molecule has 0 saturated carbocycles. The third-order valence-corrected chi connectivity index (χ3v) is 6.81. The molecule has 2 heterocycles. The Kier molecular flexibility index (Phi) is 7.33. The third kappa shape index (κ3) is 6.17. The third-order valence-electron chi connectivity index (χ3n) is 4.89. The number of hydrogen-bond donors (Lipinski definition) is 1. The maximum atomic E-state index is 13.5. The number of carbonyl (C=O) groups excluding carboxylic acids is 1. The molecule has 11 heteroatoms. The molecule has 0 bridgehead atoms. The van der Waals surface area contributed by atoms with Gasteiger partial charge < -0.3 is 10.1 Å². The van der Waals surface area contributed by atoms with Crippen LogP contribution in [0.5, 0.6) is 5.75 Å². The van der Waals surface area contributed by atoms with Gasteiger partial charge in [0, 0.05) is 30.5 Å². The molecule has 0 atom stereocenters. The Morgan fingerprint density at radius 2 is 1.89 bits per heavy atom. The number of halogens is 1. The zero-order chi connectivity index (χ0) is 24.8. The summed E-state index contributed by atoms with van der Waals surface area (Å²) in [5.74, 6) is 0.342. The number of anilines is 2. The van der Waals surface area contributed by atoms with Crippen LogP contribution in [-0.4, -0.2) is 35.7 Å². The molecular weight excluding hydrogens is 490 g/mol. The summed E-state index contributed by atoms with van der Waals surface area (Å²) in [5.41, 5.74) is 1.09. The Balaban J connectivity index is 1.57. The number of rotatable bonds is 9. The molecule has 9 nitrogen and oxygen atoms in total. The summed E-state index contributed by atoms with van der Waals surface area (Å²) in [5, 5.41) is 7.17. The minimum Gasteiger partial charge on any atom is -0.484 e. The van der Waals surface area contributed by atoms with Crippen LogP contribution in [0, 0.1) is 0 Å². The molecule has 0 aliphatic carbocycles. The summed E-state index contributed by atoms with van der Waals surface area (Å²) in [4.78, 5) is 16.3. The number of aryl methyl sites for hydroxylation is 1. The van der Waals surface area contributed by atoms with Crippen molar-refractivity contribution in [1.82, 2.24) is 14.8 Å². The predicted molar refractivity (Wildman–Crippen MR) is 133 cm³/mol. The number of sulfonamides is 1. The number of amides is 1. The van der Waals surface area contributed by atoms with E-state index in [2.05, 4.69) is 15.4 Å². The molecule has 0 saturated heterocycles. The normalized spacial score (nSPS) is 11.1. The van der Waals surface area contributed by atoms with Gasteiger partial charge in [-0.1, -0.05) is 35.9 Å². The fraction of sp³-hybridized carbons (Fsp3) is 0.125. The second-order valence-electron chi connectivity index (χ2n) is 7.51. The maximum Gasteiger partial charge on any atom is 0.283 e. The van der Waals surface area contributed by atoms with Crippen molar-refractivity contribution in [2.24, 2.45) is 7.05 Å². The number of nitrogens with one attached hydrogen (secondary N) is 1. The van der Waals surface area contributed by atoms with Crippen LogP contribution in [0.4, 0.5) is 11.5 Å². The highest BCUT2D eigenvalue weighted by molar-refractivity contribution is 7.92. The minimum absolute atomic E-state index is 0.0414. The first-order valence-corrected chi connectivity index (χ1v) is 12.3. The van der Waals surface area contributed by atoms with Gasteiger partial charge in [-0.05, 0) is 48.0 Å². The van der Waals surface area contributed by atoms with E-state index in [0.29, 0.717) is 22.3 Å². The molecule has 1 N–H and O–H groups in total. The van der Waals surface area contributed by atoms with Crippen LogP contribution in [0.15, 0.2) is 90.2 Å². The van der Waals surface area contributed by atoms with Gasteiger partial charge in [-0.25, -0.2) is 4.98 Å². The molecule has 4 aromatic rings. The van der Waals surface area contributed by atoms with Crippen LogP contribution in [-0.2, 0) is 28.4 Å². The molecule has 4 rings (SSSR count). The molecule has 180 valence electrons. The number of nitrogens with zero attached hydrogens (tertiary/aromatic N) is 4. The lowest BCUT2D eigenvalue weighted by atomic mass is 10.2. The first-order chi connectivity index (χ1) is 16.8. The van der Waals surface area contributed by atoms with Crippen molar-refractivity contribution < 1.29 is 17.9 Å². The number of benzene rings is 2. The van der Waals surface area contributed by atoms with E-state index in [0.717, 1.165) is 5.56 Å². The smallest absolute Gasteiger partial charge is 0.283 e. The van der Waals surface area contributed by atoms with E-state index in [-0.39, 0.29) is 18.2 Å². The lowest BCUT2D eigenvalue weighted by molar-refractivity contribution is -0.118. The highest BCUT2D eigenvalue weighted by Crippen LogP contribution is 2.28. The van der Waals surface area contributed by atoms with Gasteiger partial charge in [0.2, 0.25) is 0 Å². The van der Waals surface area contributed by atoms with Gasteiger partial charge in [0.25, 0.3) is 15.9 Å². The zero-order valence-corrected chi connectivity index (χ0v) is 20.3. The number of aromatic nitrogens is 3. The average Bonchev–Trinajstić information content (AvgIpc) is 3.30. The standard InChI is InChI=1S/C24H22ClN5O4S/c1-29-14-12-24(28-29)35(32,33)30(16-18-8-10-19(25)11-9-18)20-5-4-6-21(15-20)34-17-23(31)27-22-7-2-3-13-26-22/h2-15H,16-17H2,1H3,(H,26,27,31). The molecule has 0 spiro atoms. The van der Waals surface area contributed by atoms with E-state index in [9.17, 15) is 13.2 Å². The molecule has 0 unspecified atom stereocenters. The van der Waals surface area contributed by atoms with E-state index >= 15 is 0 Å². The van der Waals surface area contributed by atoms with E-state index < -0.39 is 15.9 Å². The van der Waals surface area contributed by atoms with Crippen LogP contribution in [0.25, 0.3) is 0 Å². The van der Waals surface area contributed by atoms with Gasteiger partial charge in [0.05, 0.1) is 12.2 Å². The molecule has 0 fully saturated rings. The number of hydrogen-bond acceptors (Lipinski definition) is 6. The lowest BCUT2D eigenvalue weighted by Crippen LogP contribution is -2.31. The van der Waals surface area contributed by atoms with Crippen LogP contribution in [0.1, 0.15) is 5.56 Å². The van der Waals surface area contributed by atoms with Crippen molar-refractivity contribution in [2.45, 2.75) is 11.6 Å². The van der Waals surface area contributed by atoms with Gasteiger partial charge in [-0.2, -0.15) is 13.5 Å². The fourth-order valence-electron chi connectivity index (χ4n) is 3.21. The summed E-state index contributed by atoms with van der Waals surface area (Å²) in [6.07, 6.45) is 3.13. The van der Waals surface area contributed by atoms with Crippen molar-refractivity contribution in [3.8, 4) is 5.75 Å². The number of ether oxygens (including phenoxy) is 1. The maximum absolute atomic E-state index is 13.5. The number of pyridine rings is 1. The Morgan fingerprint density at radius 1 is 1.09 bits per heavy atom. The Bertz CT molecular complexity index is 1410. The van der Waals surface area contributed by atoms with Crippen molar-refractivity contribution in [3.63, 3.8) is 0 Å². The highest BCUT2D eigenvalue weighted by atomic mass is 35.5. The summed E-state index contributed by atoms with van der Waals surface area (Å²) in [7, 11) is -2.36. The van der Waals surface area contributed by atoms with E-state index in [1.165, 1.54) is 15.1 Å². The number of carbonyl (C=O) groups is 1. The summed E-state index contributed by atoms with van der Waals surface area (Å²) < 4.78 is 35.3. The Morgan fingerprint density at radius 3 is 2.57 bits per heavy atom. The SMILES string of the molecule is Cn1ccc(S(=O)(=O)N(Cc2ccc(Cl)cc2)c2cccc(OCC(=O)Nc3ccccn3)c2)n1. The van der Waals surface area contributed by atoms with Crippen LogP contribution < -0.4 is 14.4 Å². The van der Waals surface area contributed by atoms with Gasteiger partial charge in [0.1, 0.15) is 11.6 Å². The van der Waals surface area contributed by atoms with Crippen LogP contribution in [0.2, 0.25) is 5.02 Å². The van der Waals surface area contributed by atoms with Gasteiger partial charge in [0.15, 0.2) is 11.6 Å². The largest absolute Gasteiger partial charge is 0.484 e. The molecular formula is C24H22ClN5O4S. The summed E-state index contributed by atoms with van der Waals surface area (Å²) in [6, 6.07) is 20.0. The van der Waals surface area contributed by atoms with Gasteiger partial charge in [-0.3, -0.25) is 13.8 Å². The molecule has 35 heavy (non-hydrogen) atoms. The van der Waals surface area contributed by atoms with E-state index in [1.54, 1.807) is 86.2 Å². The second-order valence-corrected chi connectivity index (χ2v) is 9.76. The summed E-state index contributed by atoms with van der Waals surface area (Å²) >= 11 is 5.99. The molecule has 1 amide bonds. The summed E-state index contributed by atoms with van der Waals surface area (Å²) in [6.45, 7) is -0.232. The first kappa shape index (κ1) is 24.2. The van der Waals surface area contributed by atoms with Gasteiger partial charge in [-0.15, -0.1) is 0 Å². The van der Waals surface area contributed by atoms with Crippen molar-refractivity contribution in [3.05, 3.63) is 95.8 Å². The topological polar surface area (TPSA) is 106 Å². The monoisotopic (exact) mass is 511 g/mol. The Hall–Kier alpha value is -3.89. The Labute approximate surface area is 208 Å². The second kappa shape index (κ2) is 10.6.